The van der Waals surface area contributed by atoms with Gasteiger partial charge in [-0.3, -0.25) is 0 Å². The molecule has 1 N–H and O–H groups in total. The fourth-order valence-corrected chi connectivity index (χ4v) is 3.83. The first-order valence-corrected chi connectivity index (χ1v) is 8.66. The Hall–Kier alpha value is -1.34. The number of aromatic nitrogens is 1. The summed E-state index contributed by atoms with van der Waals surface area (Å²) < 4.78 is 5.47. The normalized spacial score (nSPS) is 19.0. The van der Waals surface area contributed by atoms with E-state index in [9.17, 15) is 4.79 Å². The second kappa shape index (κ2) is 6.04. The maximum atomic E-state index is 12.2. The summed E-state index contributed by atoms with van der Waals surface area (Å²) >= 11 is 1.72. The van der Waals surface area contributed by atoms with Gasteiger partial charge in [-0.1, -0.05) is 11.3 Å². The van der Waals surface area contributed by atoms with Crippen LogP contribution in [0.5, 0.6) is 0 Å². The summed E-state index contributed by atoms with van der Waals surface area (Å²) in [6, 6.07) is 0. The van der Waals surface area contributed by atoms with Crippen molar-refractivity contribution >= 4 is 22.6 Å². The first kappa shape index (κ1) is 15.6. The summed E-state index contributed by atoms with van der Waals surface area (Å²) in [5.74, 6) is 0. The van der Waals surface area contributed by atoms with Crippen molar-refractivity contribution in [2.75, 3.05) is 37.6 Å². The van der Waals surface area contributed by atoms with E-state index in [1.54, 1.807) is 16.2 Å². The first-order chi connectivity index (χ1) is 10.4. The molecule has 1 amide bonds. The van der Waals surface area contributed by atoms with Crippen molar-refractivity contribution in [1.82, 2.24) is 15.2 Å². The van der Waals surface area contributed by atoms with E-state index in [0.717, 1.165) is 43.4 Å². The number of anilines is 1. The number of carbonyl (C=O) groups is 1. The highest BCUT2D eigenvalue weighted by Gasteiger charge is 2.28. The quantitative estimate of drug-likeness (QED) is 0.854. The van der Waals surface area contributed by atoms with E-state index in [2.05, 4.69) is 10.2 Å². The molecule has 1 aromatic rings. The van der Waals surface area contributed by atoms with Gasteiger partial charge in [-0.15, -0.1) is 0 Å². The van der Waals surface area contributed by atoms with Gasteiger partial charge in [0.05, 0.1) is 12.2 Å². The zero-order valence-corrected chi connectivity index (χ0v) is 14.3. The lowest BCUT2D eigenvalue weighted by atomic mass is 10.2. The van der Waals surface area contributed by atoms with E-state index < -0.39 is 5.60 Å². The van der Waals surface area contributed by atoms with Crippen LogP contribution in [0.15, 0.2) is 0 Å². The summed E-state index contributed by atoms with van der Waals surface area (Å²) in [6.07, 6.45) is 0.590. The van der Waals surface area contributed by atoms with Crippen LogP contribution < -0.4 is 10.2 Å². The molecule has 0 radical (unpaired) electrons. The molecular weight excluding hydrogens is 300 g/mol. The number of thiazole rings is 1. The Bertz CT molecular complexity index is 546. The van der Waals surface area contributed by atoms with Gasteiger partial charge in [0, 0.05) is 44.0 Å². The van der Waals surface area contributed by atoms with Crippen LogP contribution in [-0.4, -0.2) is 54.3 Å². The molecule has 2 aliphatic heterocycles. The minimum absolute atomic E-state index is 0.227. The molecule has 3 heterocycles. The molecule has 122 valence electrons. The third kappa shape index (κ3) is 3.52. The molecule has 3 rings (SSSR count). The van der Waals surface area contributed by atoms with Crippen molar-refractivity contribution in [2.45, 2.75) is 39.3 Å². The topological polar surface area (TPSA) is 57.7 Å². The number of hydrogen-bond donors (Lipinski definition) is 1. The Morgan fingerprint density at radius 2 is 2.00 bits per heavy atom. The highest BCUT2D eigenvalue weighted by molar-refractivity contribution is 7.15. The van der Waals surface area contributed by atoms with Crippen LogP contribution in [-0.2, 0) is 17.7 Å². The second-order valence-electron chi connectivity index (χ2n) is 6.76. The molecule has 0 saturated carbocycles. The van der Waals surface area contributed by atoms with Crippen molar-refractivity contribution in [3.05, 3.63) is 10.6 Å². The van der Waals surface area contributed by atoms with Gasteiger partial charge in [0.15, 0.2) is 5.13 Å². The van der Waals surface area contributed by atoms with Gasteiger partial charge in [-0.05, 0) is 20.8 Å². The number of piperazine rings is 1. The number of nitrogens with one attached hydrogen (secondary N) is 1. The van der Waals surface area contributed by atoms with E-state index in [1.165, 1.54) is 4.88 Å². The van der Waals surface area contributed by atoms with Crippen LogP contribution in [0, 0.1) is 0 Å². The second-order valence-corrected chi connectivity index (χ2v) is 7.82. The zero-order valence-electron chi connectivity index (χ0n) is 13.5. The molecule has 2 aliphatic rings. The van der Waals surface area contributed by atoms with E-state index in [0.29, 0.717) is 13.1 Å². The van der Waals surface area contributed by atoms with Gasteiger partial charge in [0.25, 0.3) is 0 Å². The van der Waals surface area contributed by atoms with Crippen LogP contribution in [0.2, 0.25) is 0 Å². The molecule has 0 spiro atoms. The lowest BCUT2D eigenvalue weighted by Gasteiger charge is -2.29. The molecule has 0 aliphatic carbocycles. The molecule has 1 aromatic heterocycles. The van der Waals surface area contributed by atoms with Gasteiger partial charge in [-0.2, -0.15) is 0 Å². The van der Waals surface area contributed by atoms with Crippen LogP contribution >= 0.6 is 11.3 Å². The highest BCUT2D eigenvalue weighted by Crippen LogP contribution is 2.31. The van der Waals surface area contributed by atoms with Gasteiger partial charge < -0.3 is 19.9 Å². The Kier molecular flexibility index (Phi) is 4.27. The number of hydrogen-bond acceptors (Lipinski definition) is 6. The fourth-order valence-electron chi connectivity index (χ4n) is 2.66. The predicted octanol–water partition coefficient (Wildman–Crippen LogP) is 1.85. The minimum Gasteiger partial charge on any atom is -0.444 e. The summed E-state index contributed by atoms with van der Waals surface area (Å²) in [4.78, 5) is 22.3. The van der Waals surface area contributed by atoms with Crippen molar-refractivity contribution in [1.29, 1.82) is 0 Å². The van der Waals surface area contributed by atoms with Crippen LogP contribution in [0.25, 0.3) is 0 Å². The number of rotatable bonds is 1. The number of nitrogens with zero attached hydrogens (tertiary/aromatic N) is 3. The number of ether oxygens (including phenoxy) is 1. The smallest absolute Gasteiger partial charge is 0.410 e. The Morgan fingerprint density at radius 1 is 1.27 bits per heavy atom. The molecule has 7 heteroatoms. The van der Waals surface area contributed by atoms with Crippen molar-refractivity contribution in [3.8, 4) is 0 Å². The highest BCUT2D eigenvalue weighted by atomic mass is 32.1. The average molecular weight is 324 g/mol. The first-order valence-electron chi connectivity index (χ1n) is 7.84. The predicted molar refractivity (Wildman–Crippen MR) is 87.5 cm³/mol. The molecule has 1 saturated heterocycles. The molecule has 0 aromatic carbocycles. The molecule has 22 heavy (non-hydrogen) atoms. The maximum absolute atomic E-state index is 12.2. The third-order valence-electron chi connectivity index (χ3n) is 3.76. The van der Waals surface area contributed by atoms with Gasteiger partial charge in [0.2, 0.25) is 0 Å². The number of amides is 1. The van der Waals surface area contributed by atoms with Crippen LogP contribution in [0.4, 0.5) is 9.93 Å². The van der Waals surface area contributed by atoms with E-state index in [-0.39, 0.29) is 6.09 Å². The molecule has 0 atom stereocenters. The fraction of sp³-hybridized carbons (Fsp3) is 0.733. The lowest BCUT2D eigenvalue weighted by molar-refractivity contribution is 0.0225. The largest absolute Gasteiger partial charge is 0.444 e. The van der Waals surface area contributed by atoms with E-state index in [1.807, 2.05) is 20.8 Å². The average Bonchev–Trinajstić information content (AvgIpc) is 2.89. The molecule has 6 nitrogen and oxygen atoms in total. The lowest BCUT2D eigenvalue weighted by Crippen LogP contribution is -2.43. The van der Waals surface area contributed by atoms with Crippen molar-refractivity contribution in [3.63, 3.8) is 0 Å². The van der Waals surface area contributed by atoms with E-state index in [4.69, 9.17) is 9.72 Å². The van der Waals surface area contributed by atoms with Crippen molar-refractivity contribution < 1.29 is 9.53 Å². The summed E-state index contributed by atoms with van der Waals surface area (Å²) in [7, 11) is 0. The molecular formula is C15H24N4O2S. The SMILES string of the molecule is CC(C)(C)OC(=O)N1CCc2nc(N3CCNCC3)sc2C1. The van der Waals surface area contributed by atoms with Gasteiger partial charge >= 0.3 is 6.09 Å². The maximum Gasteiger partial charge on any atom is 0.410 e. The molecule has 0 unspecified atom stereocenters. The summed E-state index contributed by atoms with van der Waals surface area (Å²) in [5, 5.41) is 4.45. The van der Waals surface area contributed by atoms with Crippen LogP contribution in [0.3, 0.4) is 0 Å². The Labute approximate surface area is 135 Å². The minimum atomic E-state index is -0.447. The van der Waals surface area contributed by atoms with E-state index >= 15 is 0 Å². The standard InChI is InChI=1S/C15H24N4O2S/c1-15(2,3)21-14(20)19-7-4-11-12(10-19)22-13(17-11)18-8-5-16-6-9-18/h16H,4-10H2,1-3H3. The summed E-state index contributed by atoms with van der Waals surface area (Å²) in [5.41, 5.74) is 0.704. The zero-order chi connectivity index (χ0) is 15.7. The molecule has 1 fully saturated rings. The molecule has 0 bridgehead atoms. The Balaban J connectivity index is 1.68. The Morgan fingerprint density at radius 3 is 2.68 bits per heavy atom. The van der Waals surface area contributed by atoms with Crippen LogP contribution in [0.1, 0.15) is 31.3 Å². The number of carbonyl (C=O) groups excluding carboxylic acids is 1. The van der Waals surface area contributed by atoms with Crippen molar-refractivity contribution in [2.24, 2.45) is 0 Å². The monoisotopic (exact) mass is 324 g/mol. The van der Waals surface area contributed by atoms with Gasteiger partial charge in [-0.25, -0.2) is 9.78 Å². The van der Waals surface area contributed by atoms with Gasteiger partial charge in [0.1, 0.15) is 5.60 Å². The third-order valence-corrected chi connectivity index (χ3v) is 4.90. The number of fused-ring (bicyclic) bond motifs is 1. The summed E-state index contributed by atoms with van der Waals surface area (Å²) in [6.45, 7) is 11.0.